The number of hydrogen-bond donors (Lipinski definition) is 1. The minimum Gasteiger partial charge on any atom is -0.494 e. The monoisotopic (exact) mass is 485 g/mol. The molecule has 0 fully saturated rings. The van der Waals surface area contributed by atoms with Crippen molar-refractivity contribution in [1.82, 2.24) is 10.3 Å². The Labute approximate surface area is 199 Å². The lowest BCUT2D eigenvalue weighted by molar-refractivity contribution is -0.119. The molecule has 174 valence electrons. The first-order chi connectivity index (χ1) is 15.9. The normalized spacial score (nSPS) is 11.1. The van der Waals surface area contributed by atoms with Crippen molar-refractivity contribution in [3.05, 3.63) is 78.5 Å². The minimum absolute atomic E-state index is 0.0880. The second-order valence-electron chi connectivity index (χ2n) is 7.12. The predicted octanol–water partition coefficient (Wildman–Crippen LogP) is 3.89. The van der Waals surface area contributed by atoms with Gasteiger partial charge in [-0.05, 0) is 62.4 Å². The van der Waals surface area contributed by atoms with Crippen LogP contribution in [0.2, 0.25) is 0 Å². The highest BCUT2D eigenvalue weighted by Gasteiger charge is 2.27. The maximum Gasteiger partial charge on any atom is 0.264 e. The number of carbonyl (C=O) groups excluding carboxylic acids is 1. The standard InChI is InChI=1S/C24H27N3O4S2/c1-3-31-21-11-13-22(14-12-21)33(29,30)27(20-9-7-19(2)8-10-20)18-23(28)25-16-17-32-24-6-4-5-15-26-24/h4-15H,3,16-18H2,1-2H3,(H,25,28). The molecule has 0 aliphatic rings. The van der Waals surface area contributed by atoms with E-state index in [4.69, 9.17) is 4.74 Å². The smallest absolute Gasteiger partial charge is 0.264 e. The van der Waals surface area contributed by atoms with Crippen molar-refractivity contribution in [1.29, 1.82) is 0 Å². The van der Waals surface area contributed by atoms with Crippen molar-refractivity contribution in [3.8, 4) is 5.75 Å². The molecule has 0 bridgehead atoms. The molecule has 2 aromatic carbocycles. The molecule has 7 nitrogen and oxygen atoms in total. The molecular weight excluding hydrogens is 458 g/mol. The van der Waals surface area contributed by atoms with E-state index in [9.17, 15) is 13.2 Å². The number of aryl methyl sites for hydroxylation is 1. The number of nitrogens with zero attached hydrogens (tertiary/aromatic N) is 2. The molecule has 9 heteroatoms. The van der Waals surface area contributed by atoms with Crippen molar-refractivity contribution in [2.24, 2.45) is 0 Å². The van der Waals surface area contributed by atoms with Gasteiger partial charge in [-0.3, -0.25) is 9.10 Å². The Morgan fingerprint density at radius 2 is 1.79 bits per heavy atom. The van der Waals surface area contributed by atoms with Gasteiger partial charge in [0.2, 0.25) is 5.91 Å². The molecule has 1 heterocycles. The topological polar surface area (TPSA) is 88.6 Å². The van der Waals surface area contributed by atoms with Crippen LogP contribution < -0.4 is 14.4 Å². The minimum atomic E-state index is -3.97. The maximum absolute atomic E-state index is 13.4. The van der Waals surface area contributed by atoms with E-state index in [1.807, 2.05) is 44.2 Å². The summed E-state index contributed by atoms with van der Waals surface area (Å²) in [6.07, 6.45) is 1.71. The van der Waals surface area contributed by atoms with Crippen LogP contribution in [0, 0.1) is 6.92 Å². The lowest BCUT2D eigenvalue weighted by atomic mass is 10.2. The predicted molar refractivity (Wildman–Crippen MR) is 131 cm³/mol. The summed E-state index contributed by atoms with van der Waals surface area (Å²) in [6.45, 7) is 4.33. The van der Waals surface area contributed by atoms with Gasteiger partial charge in [-0.25, -0.2) is 13.4 Å². The van der Waals surface area contributed by atoms with Gasteiger partial charge >= 0.3 is 0 Å². The molecular formula is C24H27N3O4S2. The molecule has 0 saturated carbocycles. The largest absolute Gasteiger partial charge is 0.494 e. The molecule has 1 aromatic heterocycles. The highest BCUT2D eigenvalue weighted by atomic mass is 32.2. The molecule has 0 aliphatic heterocycles. The first-order valence-electron chi connectivity index (χ1n) is 10.5. The molecule has 3 rings (SSSR count). The zero-order valence-electron chi connectivity index (χ0n) is 18.6. The van der Waals surface area contributed by atoms with Gasteiger partial charge < -0.3 is 10.1 Å². The second-order valence-corrected chi connectivity index (χ2v) is 10.1. The van der Waals surface area contributed by atoms with Crippen molar-refractivity contribution in [2.45, 2.75) is 23.8 Å². The van der Waals surface area contributed by atoms with E-state index in [0.29, 0.717) is 30.3 Å². The number of hydrogen-bond acceptors (Lipinski definition) is 6. The molecule has 3 aromatic rings. The van der Waals surface area contributed by atoms with Crippen LogP contribution in [0.1, 0.15) is 12.5 Å². The summed E-state index contributed by atoms with van der Waals surface area (Å²) >= 11 is 1.52. The number of pyridine rings is 1. The Balaban J connectivity index is 1.72. The van der Waals surface area contributed by atoms with Gasteiger partial charge in [-0.2, -0.15) is 0 Å². The molecule has 0 unspecified atom stereocenters. The Bertz CT molecular complexity index is 1140. The number of thioether (sulfide) groups is 1. The van der Waals surface area contributed by atoms with E-state index in [2.05, 4.69) is 10.3 Å². The Morgan fingerprint density at radius 3 is 2.42 bits per heavy atom. The molecule has 0 radical (unpaired) electrons. The molecule has 0 spiro atoms. The molecule has 0 aliphatic carbocycles. The van der Waals surface area contributed by atoms with Crippen LogP contribution in [-0.2, 0) is 14.8 Å². The number of nitrogens with one attached hydrogen (secondary N) is 1. The molecule has 33 heavy (non-hydrogen) atoms. The van der Waals surface area contributed by atoms with Crippen LogP contribution in [0.5, 0.6) is 5.75 Å². The summed E-state index contributed by atoms with van der Waals surface area (Å²) in [5.41, 5.74) is 1.42. The van der Waals surface area contributed by atoms with Gasteiger partial charge in [0.1, 0.15) is 12.3 Å². The molecule has 1 amide bonds. The third-order valence-corrected chi connectivity index (χ3v) is 7.38. The lowest BCUT2D eigenvalue weighted by Gasteiger charge is -2.24. The fraction of sp³-hybridized carbons (Fsp3) is 0.250. The summed E-state index contributed by atoms with van der Waals surface area (Å²) < 4.78 is 33.4. The quantitative estimate of drug-likeness (QED) is 0.327. The fourth-order valence-electron chi connectivity index (χ4n) is 2.99. The van der Waals surface area contributed by atoms with Gasteiger partial charge in [0, 0.05) is 18.5 Å². The number of anilines is 1. The third kappa shape index (κ3) is 6.97. The van der Waals surface area contributed by atoms with Crippen LogP contribution in [0.4, 0.5) is 5.69 Å². The summed E-state index contributed by atoms with van der Waals surface area (Å²) in [4.78, 5) is 17.0. The average molecular weight is 486 g/mol. The lowest BCUT2D eigenvalue weighted by Crippen LogP contribution is -2.41. The first kappa shape index (κ1) is 24.6. The van der Waals surface area contributed by atoms with E-state index in [0.717, 1.165) is 14.9 Å². The number of rotatable bonds is 11. The van der Waals surface area contributed by atoms with Crippen molar-refractivity contribution >= 4 is 33.4 Å². The maximum atomic E-state index is 13.4. The van der Waals surface area contributed by atoms with E-state index >= 15 is 0 Å². The van der Waals surface area contributed by atoms with Gasteiger partial charge in [0.15, 0.2) is 0 Å². The average Bonchev–Trinajstić information content (AvgIpc) is 2.82. The first-order valence-corrected chi connectivity index (χ1v) is 13.0. The van der Waals surface area contributed by atoms with E-state index in [-0.39, 0.29) is 17.3 Å². The SMILES string of the molecule is CCOc1ccc(S(=O)(=O)N(CC(=O)NCCSc2ccccn2)c2ccc(C)cc2)cc1. The number of amides is 1. The fourth-order valence-corrected chi connectivity index (χ4v) is 5.14. The Kier molecular flexibility index (Phi) is 8.73. The van der Waals surface area contributed by atoms with Crippen molar-refractivity contribution in [2.75, 3.05) is 29.8 Å². The highest BCUT2D eigenvalue weighted by molar-refractivity contribution is 7.99. The summed E-state index contributed by atoms with van der Waals surface area (Å²) in [5.74, 6) is 0.826. The zero-order valence-corrected chi connectivity index (χ0v) is 20.2. The van der Waals surface area contributed by atoms with Crippen LogP contribution in [0.3, 0.4) is 0 Å². The highest BCUT2D eigenvalue weighted by Crippen LogP contribution is 2.25. The van der Waals surface area contributed by atoms with Gasteiger partial charge in [-0.15, -0.1) is 11.8 Å². The third-order valence-electron chi connectivity index (χ3n) is 4.64. The van der Waals surface area contributed by atoms with Gasteiger partial charge in [-0.1, -0.05) is 23.8 Å². The Hall–Kier alpha value is -3.04. The number of aromatic nitrogens is 1. The molecule has 1 N–H and O–H groups in total. The summed E-state index contributed by atoms with van der Waals surface area (Å²) in [7, 11) is -3.97. The zero-order chi connectivity index (χ0) is 23.7. The number of ether oxygens (including phenoxy) is 1. The number of sulfonamides is 1. The van der Waals surface area contributed by atoms with Crippen LogP contribution in [0.15, 0.2) is 82.8 Å². The van der Waals surface area contributed by atoms with Crippen molar-refractivity contribution in [3.63, 3.8) is 0 Å². The van der Waals surface area contributed by atoms with E-state index in [1.54, 1.807) is 30.5 Å². The van der Waals surface area contributed by atoms with Gasteiger partial charge in [0.05, 0.1) is 22.2 Å². The second kappa shape index (κ2) is 11.7. The van der Waals surface area contributed by atoms with E-state index < -0.39 is 10.0 Å². The number of carbonyl (C=O) groups is 1. The van der Waals surface area contributed by atoms with Crippen LogP contribution >= 0.6 is 11.8 Å². The summed E-state index contributed by atoms with van der Waals surface area (Å²) in [5, 5.41) is 3.67. The number of benzene rings is 2. The Morgan fingerprint density at radius 1 is 1.06 bits per heavy atom. The van der Waals surface area contributed by atoms with Gasteiger partial charge in [0.25, 0.3) is 10.0 Å². The van der Waals surface area contributed by atoms with Crippen LogP contribution in [-0.4, -0.2) is 44.8 Å². The summed E-state index contributed by atoms with van der Waals surface area (Å²) in [6, 6.07) is 18.9. The molecule has 0 saturated heterocycles. The van der Waals surface area contributed by atoms with E-state index in [1.165, 1.54) is 23.9 Å². The van der Waals surface area contributed by atoms with Crippen molar-refractivity contribution < 1.29 is 17.9 Å². The van der Waals surface area contributed by atoms with Crippen LogP contribution in [0.25, 0.3) is 0 Å². The molecule has 0 atom stereocenters.